The monoisotopic (exact) mass is 169 g/mol. The van der Waals surface area contributed by atoms with Crippen molar-refractivity contribution in [3.63, 3.8) is 0 Å². The molecule has 0 saturated carbocycles. The van der Waals surface area contributed by atoms with Crippen LogP contribution >= 0.6 is 0 Å². The predicted molar refractivity (Wildman–Crippen MR) is 54.3 cm³/mol. The molecule has 1 aliphatic heterocycles. The van der Waals surface area contributed by atoms with Gasteiger partial charge in [0.1, 0.15) is 0 Å². The van der Waals surface area contributed by atoms with Gasteiger partial charge in [-0.05, 0) is 30.2 Å². The van der Waals surface area contributed by atoms with Gasteiger partial charge in [-0.15, -0.1) is 0 Å². The molecule has 0 aromatic rings. The smallest absolute Gasteiger partial charge is 0.000272 e. The van der Waals surface area contributed by atoms with Crippen LogP contribution in [-0.4, -0.2) is 13.1 Å². The molecular weight excluding hydrogens is 146 g/mol. The Balaban J connectivity index is 2.66. The molecule has 1 atom stereocenters. The van der Waals surface area contributed by atoms with Gasteiger partial charge in [-0.2, -0.15) is 0 Å². The molecule has 12 heavy (non-hydrogen) atoms. The Morgan fingerprint density at radius 2 is 1.92 bits per heavy atom. The first-order valence-electron chi connectivity index (χ1n) is 5.18. The van der Waals surface area contributed by atoms with Gasteiger partial charge in [-0.1, -0.05) is 34.1 Å². The van der Waals surface area contributed by atoms with Crippen molar-refractivity contribution in [2.24, 2.45) is 10.8 Å². The lowest BCUT2D eigenvalue weighted by atomic mass is 9.72. The van der Waals surface area contributed by atoms with E-state index in [1.54, 1.807) is 0 Å². The molecular formula is C11H23N. The van der Waals surface area contributed by atoms with Gasteiger partial charge in [0.05, 0.1) is 0 Å². The highest BCUT2D eigenvalue weighted by molar-refractivity contribution is 4.86. The van der Waals surface area contributed by atoms with E-state index in [1.165, 1.54) is 32.4 Å². The second-order valence-electron chi connectivity index (χ2n) is 5.43. The number of hydrogen-bond donors (Lipinski definition) is 1. The van der Waals surface area contributed by atoms with Crippen LogP contribution in [0.25, 0.3) is 0 Å². The summed E-state index contributed by atoms with van der Waals surface area (Å²) in [5.41, 5.74) is 1.06. The average Bonchev–Trinajstić information content (AvgIpc) is 2.09. The molecule has 1 rings (SSSR count). The van der Waals surface area contributed by atoms with Crippen LogP contribution in [0, 0.1) is 10.8 Å². The van der Waals surface area contributed by atoms with Gasteiger partial charge in [0.15, 0.2) is 0 Å². The highest BCUT2D eigenvalue weighted by Gasteiger charge is 2.32. The third kappa shape index (κ3) is 2.48. The first-order chi connectivity index (χ1) is 5.47. The summed E-state index contributed by atoms with van der Waals surface area (Å²) in [6, 6.07) is 0. The maximum atomic E-state index is 3.53. The molecule has 1 aliphatic rings. The molecule has 1 heteroatoms. The molecule has 1 unspecified atom stereocenters. The van der Waals surface area contributed by atoms with Gasteiger partial charge < -0.3 is 5.32 Å². The summed E-state index contributed by atoms with van der Waals surface area (Å²) in [5.74, 6) is 0. The Hall–Kier alpha value is -0.0400. The lowest BCUT2D eigenvalue weighted by Crippen LogP contribution is -2.28. The molecule has 0 bridgehead atoms. The van der Waals surface area contributed by atoms with Crippen molar-refractivity contribution in [1.29, 1.82) is 0 Å². The van der Waals surface area contributed by atoms with Crippen molar-refractivity contribution in [3.05, 3.63) is 0 Å². The fraction of sp³-hybridized carbons (Fsp3) is 1.00. The lowest BCUT2D eigenvalue weighted by Gasteiger charge is -2.33. The summed E-state index contributed by atoms with van der Waals surface area (Å²) in [5, 5.41) is 3.53. The third-order valence-corrected chi connectivity index (χ3v) is 3.27. The summed E-state index contributed by atoms with van der Waals surface area (Å²) in [6.45, 7) is 11.9. The van der Waals surface area contributed by atoms with Gasteiger partial charge in [0, 0.05) is 6.54 Å². The normalized spacial score (nSPS) is 36.0. The van der Waals surface area contributed by atoms with Crippen molar-refractivity contribution in [3.8, 4) is 0 Å². The zero-order chi connectivity index (χ0) is 9.24. The van der Waals surface area contributed by atoms with E-state index in [0.29, 0.717) is 10.8 Å². The fourth-order valence-electron chi connectivity index (χ4n) is 2.42. The van der Waals surface area contributed by atoms with Gasteiger partial charge in [-0.3, -0.25) is 0 Å². The van der Waals surface area contributed by atoms with Crippen molar-refractivity contribution >= 4 is 0 Å². The molecule has 1 saturated heterocycles. The first-order valence-corrected chi connectivity index (χ1v) is 5.18. The highest BCUT2D eigenvalue weighted by Crippen LogP contribution is 2.40. The maximum Gasteiger partial charge on any atom is 0.000272 e. The van der Waals surface area contributed by atoms with E-state index in [-0.39, 0.29) is 0 Å². The maximum absolute atomic E-state index is 3.53. The minimum absolute atomic E-state index is 0.487. The molecule has 1 heterocycles. The molecule has 0 aromatic carbocycles. The largest absolute Gasteiger partial charge is 0.316 e. The van der Waals surface area contributed by atoms with Crippen LogP contribution in [0.5, 0.6) is 0 Å². The molecule has 1 N–H and O–H groups in total. The quantitative estimate of drug-likeness (QED) is 0.636. The Morgan fingerprint density at radius 1 is 1.25 bits per heavy atom. The molecule has 0 radical (unpaired) electrons. The van der Waals surface area contributed by atoms with E-state index in [4.69, 9.17) is 0 Å². The second-order valence-corrected chi connectivity index (χ2v) is 5.43. The van der Waals surface area contributed by atoms with Crippen LogP contribution in [-0.2, 0) is 0 Å². The van der Waals surface area contributed by atoms with E-state index in [0.717, 1.165) is 0 Å². The first kappa shape index (κ1) is 10.0. The van der Waals surface area contributed by atoms with Crippen molar-refractivity contribution in [2.45, 2.75) is 47.0 Å². The van der Waals surface area contributed by atoms with Crippen molar-refractivity contribution in [2.75, 3.05) is 13.1 Å². The van der Waals surface area contributed by atoms with Crippen LogP contribution in [0.1, 0.15) is 47.0 Å². The zero-order valence-corrected chi connectivity index (χ0v) is 9.04. The summed E-state index contributed by atoms with van der Waals surface area (Å²) < 4.78 is 0. The fourth-order valence-corrected chi connectivity index (χ4v) is 2.42. The van der Waals surface area contributed by atoms with Gasteiger partial charge in [0.25, 0.3) is 0 Å². The zero-order valence-electron chi connectivity index (χ0n) is 9.04. The molecule has 1 fully saturated rings. The van der Waals surface area contributed by atoms with E-state index in [1.807, 2.05) is 0 Å². The van der Waals surface area contributed by atoms with E-state index >= 15 is 0 Å². The van der Waals surface area contributed by atoms with Gasteiger partial charge >= 0.3 is 0 Å². The van der Waals surface area contributed by atoms with Crippen LogP contribution in [0.4, 0.5) is 0 Å². The third-order valence-electron chi connectivity index (χ3n) is 3.27. The lowest BCUT2D eigenvalue weighted by molar-refractivity contribution is 0.186. The van der Waals surface area contributed by atoms with Crippen LogP contribution in [0.3, 0.4) is 0 Å². The van der Waals surface area contributed by atoms with E-state index < -0.39 is 0 Å². The predicted octanol–water partition coefficient (Wildman–Crippen LogP) is 2.81. The molecule has 1 nitrogen and oxygen atoms in total. The Morgan fingerprint density at radius 3 is 2.50 bits per heavy atom. The number of nitrogens with one attached hydrogen (secondary N) is 1. The average molecular weight is 169 g/mol. The highest BCUT2D eigenvalue weighted by atomic mass is 14.9. The van der Waals surface area contributed by atoms with Crippen molar-refractivity contribution < 1.29 is 0 Å². The molecule has 72 valence electrons. The SMILES string of the molecule is CCC1(C)CCNCC(C)(C)C1. The standard InChI is InChI=1S/C11H23N/c1-5-11(4)6-7-12-9-10(2,3)8-11/h12H,5-9H2,1-4H3. The number of rotatable bonds is 1. The molecule has 0 amide bonds. The summed E-state index contributed by atoms with van der Waals surface area (Å²) in [4.78, 5) is 0. The van der Waals surface area contributed by atoms with Gasteiger partial charge in [0.2, 0.25) is 0 Å². The minimum Gasteiger partial charge on any atom is -0.316 e. The van der Waals surface area contributed by atoms with Gasteiger partial charge in [-0.25, -0.2) is 0 Å². The Kier molecular flexibility index (Phi) is 2.82. The Labute approximate surface area is 76.9 Å². The van der Waals surface area contributed by atoms with E-state index in [9.17, 15) is 0 Å². The molecule has 0 spiro atoms. The topological polar surface area (TPSA) is 12.0 Å². The van der Waals surface area contributed by atoms with Crippen LogP contribution in [0.2, 0.25) is 0 Å². The molecule has 0 aromatic heterocycles. The summed E-state index contributed by atoms with van der Waals surface area (Å²) >= 11 is 0. The second kappa shape index (κ2) is 3.37. The van der Waals surface area contributed by atoms with Crippen molar-refractivity contribution in [1.82, 2.24) is 5.32 Å². The number of hydrogen-bond acceptors (Lipinski definition) is 1. The Bertz CT molecular complexity index is 151. The van der Waals surface area contributed by atoms with E-state index in [2.05, 4.69) is 33.0 Å². The summed E-state index contributed by atoms with van der Waals surface area (Å²) in [7, 11) is 0. The molecule has 0 aliphatic carbocycles. The van der Waals surface area contributed by atoms with Crippen LogP contribution in [0.15, 0.2) is 0 Å². The minimum atomic E-state index is 0.487. The summed E-state index contributed by atoms with van der Waals surface area (Å²) in [6.07, 6.45) is 4.02. The van der Waals surface area contributed by atoms with Crippen LogP contribution < -0.4 is 5.32 Å².